The predicted octanol–water partition coefficient (Wildman–Crippen LogP) is 1.75. The maximum absolute atomic E-state index is 5.91. The zero-order valence-electron chi connectivity index (χ0n) is 7.90. The molecule has 0 aliphatic carbocycles. The lowest BCUT2D eigenvalue weighted by Gasteiger charge is -2.09. The molecule has 1 unspecified atom stereocenters. The highest BCUT2D eigenvalue weighted by molar-refractivity contribution is 5.06. The molecular formula is C10H15N3. The number of aromatic nitrogens is 2. The molecule has 3 heteroatoms. The minimum absolute atomic E-state index is 0.000278. The summed E-state index contributed by atoms with van der Waals surface area (Å²) in [7, 11) is 0. The Morgan fingerprint density at radius 1 is 1.69 bits per heavy atom. The van der Waals surface area contributed by atoms with E-state index >= 15 is 0 Å². The van der Waals surface area contributed by atoms with Crippen LogP contribution in [0.5, 0.6) is 0 Å². The molecule has 2 N–H and O–H groups in total. The van der Waals surface area contributed by atoms with E-state index in [1.807, 2.05) is 19.1 Å². The fourth-order valence-electron chi connectivity index (χ4n) is 1.13. The summed E-state index contributed by atoms with van der Waals surface area (Å²) in [6.45, 7) is 5.52. The first kappa shape index (κ1) is 9.86. The van der Waals surface area contributed by atoms with E-state index in [9.17, 15) is 0 Å². The molecule has 0 radical (unpaired) electrons. The number of nitrogens with zero attached hydrogens (tertiary/aromatic N) is 2. The monoisotopic (exact) mass is 177 g/mol. The Labute approximate surface area is 78.7 Å². The van der Waals surface area contributed by atoms with E-state index in [1.165, 1.54) is 0 Å². The van der Waals surface area contributed by atoms with Crippen LogP contribution in [-0.4, -0.2) is 9.97 Å². The van der Waals surface area contributed by atoms with Crippen LogP contribution in [0.2, 0.25) is 0 Å². The predicted molar refractivity (Wildman–Crippen MR) is 53.1 cm³/mol. The van der Waals surface area contributed by atoms with Gasteiger partial charge in [-0.2, -0.15) is 0 Å². The minimum Gasteiger partial charge on any atom is -0.323 e. The van der Waals surface area contributed by atoms with Crippen molar-refractivity contribution in [3.63, 3.8) is 0 Å². The lowest BCUT2D eigenvalue weighted by atomic mass is 10.1. The second-order valence-corrected chi connectivity index (χ2v) is 3.00. The van der Waals surface area contributed by atoms with Gasteiger partial charge in [-0.1, -0.05) is 6.08 Å². The van der Waals surface area contributed by atoms with Crippen molar-refractivity contribution in [2.45, 2.75) is 25.8 Å². The van der Waals surface area contributed by atoms with Crippen molar-refractivity contribution < 1.29 is 0 Å². The Bertz CT molecular complexity index is 283. The Balaban J connectivity index is 2.65. The summed E-state index contributed by atoms with van der Waals surface area (Å²) in [5.41, 5.74) is 6.82. The fourth-order valence-corrected chi connectivity index (χ4v) is 1.13. The van der Waals surface area contributed by atoms with E-state index in [1.54, 1.807) is 6.20 Å². The molecule has 0 amide bonds. The third-order valence-electron chi connectivity index (χ3n) is 1.86. The zero-order chi connectivity index (χ0) is 9.68. The molecule has 0 aliphatic rings. The van der Waals surface area contributed by atoms with Crippen LogP contribution in [0.3, 0.4) is 0 Å². The van der Waals surface area contributed by atoms with Crippen LogP contribution in [0.25, 0.3) is 0 Å². The summed E-state index contributed by atoms with van der Waals surface area (Å²) in [6, 6.07) is 1.86. The first-order valence-electron chi connectivity index (χ1n) is 4.40. The summed E-state index contributed by atoms with van der Waals surface area (Å²) in [4.78, 5) is 8.27. The number of allylic oxidation sites excluding steroid dienone is 1. The molecule has 0 bridgehead atoms. The van der Waals surface area contributed by atoms with Gasteiger partial charge in [-0.25, -0.2) is 9.97 Å². The second-order valence-electron chi connectivity index (χ2n) is 3.00. The van der Waals surface area contributed by atoms with Crippen molar-refractivity contribution in [2.75, 3.05) is 0 Å². The van der Waals surface area contributed by atoms with Gasteiger partial charge in [-0.05, 0) is 25.8 Å². The Morgan fingerprint density at radius 2 is 2.46 bits per heavy atom. The van der Waals surface area contributed by atoms with Crippen molar-refractivity contribution in [1.82, 2.24) is 9.97 Å². The molecule has 1 aromatic heterocycles. The van der Waals surface area contributed by atoms with E-state index in [4.69, 9.17) is 5.73 Å². The summed E-state index contributed by atoms with van der Waals surface area (Å²) >= 11 is 0. The molecule has 1 aromatic rings. The highest BCUT2D eigenvalue weighted by Gasteiger charge is 2.05. The summed E-state index contributed by atoms with van der Waals surface area (Å²) in [5, 5.41) is 0. The molecule has 70 valence electrons. The molecule has 0 spiro atoms. The summed E-state index contributed by atoms with van der Waals surface area (Å²) < 4.78 is 0. The van der Waals surface area contributed by atoms with Gasteiger partial charge in [0.1, 0.15) is 5.82 Å². The van der Waals surface area contributed by atoms with Gasteiger partial charge in [0.05, 0.1) is 5.69 Å². The van der Waals surface area contributed by atoms with E-state index < -0.39 is 0 Å². The van der Waals surface area contributed by atoms with Gasteiger partial charge in [-0.15, -0.1) is 6.58 Å². The molecule has 1 atom stereocenters. The van der Waals surface area contributed by atoms with Crippen LogP contribution in [0, 0.1) is 6.92 Å². The molecular weight excluding hydrogens is 162 g/mol. The van der Waals surface area contributed by atoms with Gasteiger partial charge >= 0.3 is 0 Å². The van der Waals surface area contributed by atoms with Crippen LogP contribution in [-0.2, 0) is 0 Å². The largest absolute Gasteiger partial charge is 0.323 e. The van der Waals surface area contributed by atoms with Gasteiger partial charge in [0.15, 0.2) is 0 Å². The van der Waals surface area contributed by atoms with E-state index in [0.29, 0.717) is 0 Å². The highest BCUT2D eigenvalue weighted by Crippen LogP contribution is 2.12. The molecule has 0 fully saturated rings. The van der Waals surface area contributed by atoms with Crippen LogP contribution in [0.1, 0.15) is 30.4 Å². The molecule has 0 saturated heterocycles. The summed E-state index contributed by atoms with van der Waals surface area (Å²) in [5.74, 6) is 0.770. The smallest absolute Gasteiger partial charge is 0.125 e. The van der Waals surface area contributed by atoms with E-state index in [-0.39, 0.29) is 6.04 Å². The zero-order valence-corrected chi connectivity index (χ0v) is 7.90. The Kier molecular flexibility index (Phi) is 3.58. The van der Waals surface area contributed by atoms with E-state index in [2.05, 4.69) is 16.5 Å². The first-order valence-corrected chi connectivity index (χ1v) is 4.40. The van der Waals surface area contributed by atoms with Gasteiger partial charge in [0.2, 0.25) is 0 Å². The molecule has 1 rings (SSSR count). The number of aryl methyl sites for hydroxylation is 1. The molecule has 0 saturated carbocycles. The summed E-state index contributed by atoms with van der Waals surface area (Å²) in [6.07, 6.45) is 5.42. The third kappa shape index (κ3) is 2.95. The fraction of sp³-hybridized carbons (Fsp3) is 0.400. The molecule has 0 aliphatic heterocycles. The molecule has 0 aromatic carbocycles. The number of hydrogen-bond acceptors (Lipinski definition) is 3. The van der Waals surface area contributed by atoms with Crippen LogP contribution < -0.4 is 5.73 Å². The van der Waals surface area contributed by atoms with Crippen LogP contribution >= 0.6 is 0 Å². The van der Waals surface area contributed by atoms with Crippen molar-refractivity contribution in [2.24, 2.45) is 5.73 Å². The molecule has 3 nitrogen and oxygen atoms in total. The number of hydrogen-bond donors (Lipinski definition) is 1. The van der Waals surface area contributed by atoms with Gasteiger partial charge in [-0.3, -0.25) is 0 Å². The topological polar surface area (TPSA) is 51.8 Å². The molecule has 1 heterocycles. The van der Waals surface area contributed by atoms with Crippen molar-refractivity contribution in [3.8, 4) is 0 Å². The van der Waals surface area contributed by atoms with Crippen LogP contribution in [0.15, 0.2) is 24.9 Å². The minimum atomic E-state index is -0.000278. The quantitative estimate of drug-likeness (QED) is 0.713. The molecule has 13 heavy (non-hydrogen) atoms. The van der Waals surface area contributed by atoms with Crippen molar-refractivity contribution in [3.05, 3.63) is 36.4 Å². The van der Waals surface area contributed by atoms with Crippen molar-refractivity contribution in [1.29, 1.82) is 0 Å². The maximum Gasteiger partial charge on any atom is 0.125 e. The van der Waals surface area contributed by atoms with Gasteiger partial charge < -0.3 is 5.73 Å². The van der Waals surface area contributed by atoms with E-state index in [0.717, 1.165) is 24.4 Å². The Hall–Kier alpha value is -1.22. The normalized spacial score (nSPS) is 12.5. The number of nitrogens with two attached hydrogens (primary N) is 1. The average Bonchev–Trinajstić information content (AvgIpc) is 2.14. The lowest BCUT2D eigenvalue weighted by Crippen LogP contribution is -2.12. The van der Waals surface area contributed by atoms with Crippen LogP contribution in [0.4, 0.5) is 0 Å². The Morgan fingerprint density at radius 3 is 3.08 bits per heavy atom. The second kappa shape index (κ2) is 4.72. The standard InChI is InChI=1S/C10H15N3/c1-3-4-5-9(11)10-6-7-12-8(2)13-10/h3,6-7,9H,1,4-5,11H2,2H3. The lowest BCUT2D eigenvalue weighted by molar-refractivity contribution is 0.637. The third-order valence-corrected chi connectivity index (χ3v) is 1.86. The first-order chi connectivity index (χ1) is 6.24. The SMILES string of the molecule is C=CCCC(N)c1ccnc(C)n1. The van der Waals surface area contributed by atoms with Gasteiger partial charge in [0.25, 0.3) is 0 Å². The maximum atomic E-state index is 5.91. The average molecular weight is 177 g/mol. The van der Waals surface area contributed by atoms with Crippen molar-refractivity contribution >= 4 is 0 Å². The highest BCUT2D eigenvalue weighted by atomic mass is 14.9. The van der Waals surface area contributed by atoms with Gasteiger partial charge in [0, 0.05) is 12.2 Å². The number of rotatable bonds is 4.